The molecular formula is C12H20N2O7. The summed E-state index contributed by atoms with van der Waals surface area (Å²) in [5, 5.41) is 29.1. The van der Waals surface area contributed by atoms with Crippen molar-refractivity contribution in [3.63, 3.8) is 0 Å². The molecule has 0 aliphatic rings. The van der Waals surface area contributed by atoms with Gasteiger partial charge >= 0.3 is 17.9 Å². The molecule has 0 rings (SSSR count). The Balaban J connectivity index is 4.53. The third-order valence-corrected chi connectivity index (χ3v) is 2.68. The topological polar surface area (TPSA) is 144 Å². The fraction of sp³-hybridized carbons (Fsp3) is 0.667. The number of nitrogens with zero attached hydrogens (tertiary/aromatic N) is 1. The molecule has 0 saturated heterocycles. The second-order valence-electron chi connectivity index (χ2n) is 4.51. The van der Waals surface area contributed by atoms with E-state index in [0.717, 1.165) is 4.90 Å². The summed E-state index contributed by atoms with van der Waals surface area (Å²) in [7, 11) is 0. The minimum atomic E-state index is -1.39. The normalized spacial score (nSPS) is 11.9. The van der Waals surface area contributed by atoms with Crippen molar-refractivity contribution in [2.24, 2.45) is 0 Å². The molecule has 0 aliphatic heterocycles. The van der Waals surface area contributed by atoms with Gasteiger partial charge in [-0.15, -0.1) is 0 Å². The van der Waals surface area contributed by atoms with Crippen LogP contribution in [-0.4, -0.2) is 69.7 Å². The van der Waals surface area contributed by atoms with Crippen molar-refractivity contribution in [2.45, 2.75) is 32.2 Å². The van der Waals surface area contributed by atoms with E-state index in [2.05, 4.69) is 5.32 Å². The molecule has 21 heavy (non-hydrogen) atoms. The van der Waals surface area contributed by atoms with Crippen LogP contribution in [0.2, 0.25) is 0 Å². The first kappa shape index (κ1) is 18.8. The van der Waals surface area contributed by atoms with Gasteiger partial charge in [0.1, 0.15) is 6.04 Å². The standard InChI is InChI=1S/C12H20N2O7/c1-8(15)13-4-2-3-5-14(7-11(18)19)9(12(20)21)6-10(16)17/h9H,2-7H2,1H3,(H,13,15)(H,16,17)(H,18,19)(H,20,21). The average Bonchev–Trinajstić information content (AvgIpc) is 2.32. The first-order chi connectivity index (χ1) is 9.73. The Labute approximate surface area is 121 Å². The second kappa shape index (κ2) is 9.70. The summed E-state index contributed by atoms with van der Waals surface area (Å²) in [6, 6.07) is -1.39. The van der Waals surface area contributed by atoms with Crippen LogP contribution in [0.15, 0.2) is 0 Å². The van der Waals surface area contributed by atoms with E-state index in [1.165, 1.54) is 6.92 Å². The Morgan fingerprint density at radius 3 is 2.10 bits per heavy atom. The molecule has 9 nitrogen and oxygen atoms in total. The highest BCUT2D eigenvalue weighted by Gasteiger charge is 2.29. The van der Waals surface area contributed by atoms with Crippen LogP contribution in [0.4, 0.5) is 0 Å². The molecule has 0 fully saturated rings. The van der Waals surface area contributed by atoms with Crippen molar-refractivity contribution in [3.05, 3.63) is 0 Å². The van der Waals surface area contributed by atoms with Gasteiger partial charge in [-0.1, -0.05) is 0 Å². The van der Waals surface area contributed by atoms with Crippen molar-refractivity contribution in [2.75, 3.05) is 19.6 Å². The number of rotatable bonds is 11. The molecule has 1 amide bonds. The van der Waals surface area contributed by atoms with Crippen LogP contribution in [-0.2, 0) is 19.2 Å². The maximum atomic E-state index is 11.1. The zero-order valence-corrected chi connectivity index (χ0v) is 11.7. The highest BCUT2D eigenvalue weighted by Crippen LogP contribution is 2.07. The van der Waals surface area contributed by atoms with Gasteiger partial charge in [-0.3, -0.25) is 24.1 Å². The number of hydrogen-bond donors (Lipinski definition) is 4. The largest absolute Gasteiger partial charge is 0.481 e. The molecule has 0 aromatic heterocycles. The van der Waals surface area contributed by atoms with E-state index in [1.807, 2.05) is 0 Å². The maximum absolute atomic E-state index is 11.1. The molecule has 0 heterocycles. The summed E-state index contributed by atoms with van der Waals surface area (Å²) in [5.41, 5.74) is 0. The van der Waals surface area contributed by atoms with Gasteiger partial charge in [0.25, 0.3) is 0 Å². The number of hydrogen-bond acceptors (Lipinski definition) is 5. The molecule has 1 atom stereocenters. The summed E-state index contributed by atoms with van der Waals surface area (Å²) in [5.74, 6) is -4.10. The number of amides is 1. The number of carbonyl (C=O) groups is 4. The van der Waals surface area contributed by atoms with Crippen LogP contribution in [0, 0.1) is 0 Å². The smallest absolute Gasteiger partial charge is 0.321 e. The summed E-state index contributed by atoms with van der Waals surface area (Å²) in [6.07, 6.45) is 0.306. The van der Waals surface area contributed by atoms with Crippen molar-refractivity contribution in [1.82, 2.24) is 10.2 Å². The molecule has 0 aliphatic carbocycles. The lowest BCUT2D eigenvalue weighted by molar-refractivity contribution is -0.152. The maximum Gasteiger partial charge on any atom is 0.321 e. The summed E-state index contributed by atoms with van der Waals surface area (Å²) < 4.78 is 0. The molecule has 0 saturated carbocycles. The van der Waals surface area contributed by atoms with Gasteiger partial charge in [-0.2, -0.15) is 0 Å². The molecule has 9 heteroatoms. The highest BCUT2D eigenvalue weighted by molar-refractivity contribution is 5.81. The van der Waals surface area contributed by atoms with E-state index in [0.29, 0.717) is 19.4 Å². The number of aliphatic carboxylic acids is 3. The van der Waals surface area contributed by atoms with E-state index in [9.17, 15) is 19.2 Å². The van der Waals surface area contributed by atoms with Crippen LogP contribution in [0.5, 0.6) is 0 Å². The van der Waals surface area contributed by atoms with Gasteiger partial charge in [-0.25, -0.2) is 0 Å². The quantitative estimate of drug-likeness (QED) is 0.364. The number of carbonyl (C=O) groups excluding carboxylic acids is 1. The van der Waals surface area contributed by atoms with E-state index in [4.69, 9.17) is 15.3 Å². The summed E-state index contributed by atoms with van der Waals surface area (Å²) in [6.45, 7) is 1.33. The first-order valence-electron chi connectivity index (χ1n) is 6.39. The second-order valence-corrected chi connectivity index (χ2v) is 4.51. The van der Waals surface area contributed by atoms with Crippen molar-refractivity contribution < 1.29 is 34.5 Å². The third kappa shape index (κ3) is 9.38. The predicted octanol–water partition coefficient (Wildman–Crippen LogP) is -0.783. The van der Waals surface area contributed by atoms with Gasteiger partial charge in [0.15, 0.2) is 0 Å². The lowest BCUT2D eigenvalue weighted by Crippen LogP contribution is -2.45. The molecule has 0 aromatic carbocycles. The minimum absolute atomic E-state index is 0.121. The molecular weight excluding hydrogens is 284 g/mol. The van der Waals surface area contributed by atoms with Crippen molar-refractivity contribution in [3.8, 4) is 0 Å². The Morgan fingerprint density at radius 2 is 1.67 bits per heavy atom. The minimum Gasteiger partial charge on any atom is -0.481 e. The zero-order valence-electron chi connectivity index (χ0n) is 11.7. The average molecular weight is 304 g/mol. The molecule has 1 unspecified atom stereocenters. The number of unbranched alkanes of at least 4 members (excludes halogenated alkanes) is 1. The zero-order chi connectivity index (χ0) is 16.4. The molecule has 0 bridgehead atoms. The van der Waals surface area contributed by atoms with Crippen molar-refractivity contribution in [1.29, 1.82) is 0 Å². The van der Waals surface area contributed by atoms with Gasteiger partial charge in [0.05, 0.1) is 13.0 Å². The molecule has 4 N–H and O–H groups in total. The van der Waals surface area contributed by atoms with Crippen LogP contribution < -0.4 is 5.32 Å². The monoisotopic (exact) mass is 304 g/mol. The van der Waals surface area contributed by atoms with Gasteiger partial charge in [0, 0.05) is 13.5 Å². The van der Waals surface area contributed by atoms with E-state index >= 15 is 0 Å². The Kier molecular flexibility index (Phi) is 8.70. The number of nitrogens with one attached hydrogen (secondary N) is 1. The fourth-order valence-electron chi connectivity index (χ4n) is 1.76. The van der Waals surface area contributed by atoms with Gasteiger partial charge < -0.3 is 20.6 Å². The Hall–Kier alpha value is -2.16. The van der Waals surface area contributed by atoms with E-state index in [-0.39, 0.29) is 12.5 Å². The Morgan fingerprint density at radius 1 is 1.05 bits per heavy atom. The van der Waals surface area contributed by atoms with E-state index < -0.39 is 36.9 Å². The van der Waals surface area contributed by atoms with Crippen LogP contribution >= 0.6 is 0 Å². The van der Waals surface area contributed by atoms with Gasteiger partial charge in [0.2, 0.25) is 5.91 Å². The predicted molar refractivity (Wildman–Crippen MR) is 70.8 cm³/mol. The molecule has 0 spiro atoms. The third-order valence-electron chi connectivity index (χ3n) is 2.68. The number of carboxylic acid groups (broad SMARTS) is 3. The SMILES string of the molecule is CC(=O)NCCCCN(CC(=O)O)C(CC(=O)O)C(=O)O. The highest BCUT2D eigenvalue weighted by atomic mass is 16.4. The fourth-order valence-corrected chi connectivity index (χ4v) is 1.76. The Bertz CT molecular complexity index is 397. The van der Waals surface area contributed by atoms with Crippen LogP contribution in [0.3, 0.4) is 0 Å². The molecule has 120 valence electrons. The number of carboxylic acids is 3. The summed E-state index contributed by atoms with van der Waals surface area (Å²) in [4.78, 5) is 44.3. The van der Waals surface area contributed by atoms with Gasteiger partial charge in [-0.05, 0) is 19.4 Å². The summed E-state index contributed by atoms with van der Waals surface area (Å²) >= 11 is 0. The van der Waals surface area contributed by atoms with Crippen LogP contribution in [0.25, 0.3) is 0 Å². The first-order valence-corrected chi connectivity index (χ1v) is 6.39. The van der Waals surface area contributed by atoms with Crippen LogP contribution in [0.1, 0.15) is 26.2 Å². The lowest BCUT2D eigenvalue weighted by Gasteiger charge is -2.26. The molecule has 0 aromatic rings. The lowest BCUT2D eigenvalue weighted by atomic mass is 10.1. The van der Waals surface area contributed by atoms with Crippen molar-refractivity contribution >= 4 is 23.8 Å². The van der Waals surface area contributed by atoms with E-state index in [1.54, 1.807) is 0 Å². The molecule has 0 radical (unpaired) electrons.